The van der Waals surface area contributed by atoms with E-state index in [-0.39, 0.29) is 43.3 Å². The van der Waals surface area contributed by atoms with E-state index in [0.29, 0.717) is 12.1 Å². The van der Waals surface area contributed by atoms with Crippen LogP contribution in [0, 0.1) is 0 Å². The molecule has 0 spiro atoms. The van der Waals surface area contributed by atoms with Gasteiger partial charge < -0.3 is 5.32 Å². The molecule has 1 aromatic heterocycles. The van der Waals surface area contributed by atoms with E-state index < -0.39 is 5.92 Å². The predicted octanol–water partition coefficient (Wildman–Crippen LogP) is 3.60. The second kappa shape index (κ2) is 7.85. The number of nitrogens with one attached hydrogen (secondary N) is 1. The summed E-state index contributed by atoms with van der Waals surface area (Å²) in [6.07, 6.45) is 5.26. The van der Waals surface area contributed by atoms with Gasteiger partial charge >= 0.3 is 0 Å². The van der Waals surface area contributed by atoms with Crippen LogP contribution in [0.2, 0.25) is 0 Å². The second-order valence-corrected chi connectivity index (χ2v) is 7.49. The molecule has 1 N–H and O–H groups in total. The standard InChI is InChI=1S/C21H23F2N5O/c1-2-28-12-16(11-26-28)14-3-4-15-10-24-13-25-19(18(15)9-14)20(29)27-17-5-7-21(22,23)8-6-17/h3-4,9,11-13,17H,2,5-8,10H2,1H3,(H,27,29). The third kappa shape index (κ3) is 4.26. The number of benzene rings is 1. The smallest absolute Gasteiger partial charge is 0.270 e. The van der Waals surface area contributed by atoms with E-state index in [9.17, 15) is 13.6 Å². The molecule has 1 aliphatic carbocycles. The Morgan fingerprint density at radius 2 is 2.07 bits per heavy atom. The topological polar surface area (TPSA) is 71.6 Å². The van der Waals surface area contributed by atoms with Gasteiger partial charge in [-0.1, -0.05) is 12.1 Å². The van der Waals surface area contributed by atoms with Gasteiger partial charge in [0, 0.05) is 42.8 Å². The summed E-state index contributed by atoms with van der Waals surface area (Å²) in [4.78, 5) is 21.4. The van der Waals surface area contributed by atoms with E-state index in [1.54, 1.807) is 6.20 Å². The first-order valence-electron chi connectivity index (χ1n) is 9.86. The third-order valence-corrected chi connectivity index (χ3v) is 5.45. The number of nitrogens with zero attached hydrogens (tertiary/aromatic N) is 4. The van der Waals surface area contributed by atoms with Crippen molar-refractivity contribution in [3.8, 4) is 11.1 Å². The number of aryl methyl sites for hydroxylation is 1. The summed E-state index contributed by atoms with van der Waals surface area (Å²) < 4.78 is 28.6. The molecule has 0 saturated heterocycles. The van der Waals surface area contributed by atoms with Gasteiger partial charge in [-0.15, -0.1) is 0 Å². The molecule has 1 aliphatic heterocycles. The zero-order chi connectivity index (χ0) is 20.4. The number of amides is 1. The van der Waals surface area contributed by atoms with Gasteiger partial charge in [0.1, 0.15) is 12.1 Å². The van der Waals surface area contributed by atoms with Crippen LogP contribution in [0.1, 0.15) is 43.7 Å². The third-order valence-electron chi connectivity index (χ3n) is 5.45. The molecule has 152 valence electrons. The molecular formula is C21H23F2N5O. The number of halogens is 2. The summed E-state index contributed by atoms with van der Waals surface area (Å²) in [5.41, 5.74) is 3.76. The zero-order valence-corrected chi connectivity index (χ0v) is 16.2. The molecule has 0 radical (unpaired) electrons. The van der Waals surface area contributed by atoms with Crippen LogP contribution in [0.5, 0.6) is 0 Å². The maximum absolute atomic E-state index is 13.4. The second-order valence-electron chi connectivity index (χ2n) is 7.49. The number of carbonyl (C=O) groups is 1. The van der Waals surface area contributed by atoms with Gasteiger partial charge in [0.15, 0.2) is 0 Å². The first-order chi connectivity index (χ1) is 13.9. The van der Waals surface area contributed by atoms with Crippen LogP contribution in [0.4, 0.5) is 8.78 Å². The molecule has 29 heavy (non-hydrogen) atoms. The molecule has 4 rings (SSSR count). The Morgan fingerprint density at radius 3 is 2.79 bits per heavy atom. The Morgan fingerprint density at radius 1 is 1.28 bits per heavy atom. The van der Waals surface area contributed by atoms with Gasteiger partial charge in [-0.3, -0.25) is 14.5 Å². The van der Waals surface area contributed by atoms with Gasteiger partial charge in [0.2, 0.25) is 5.92 Å². The number of rotatable bonds is 4. The fraction of sp³-hybridized carbons (Fsp3) is 0.429. The average molecular weight is 399 g/mol. The molecule has 8 heteroatoms. The molecule has 2 heterocycles. The van der Waals surface area contributed by atoms with Crippen molar-refractivity contribution in [1.82, 2.24) is 15.1 Å². The highest BCUT2D eigenvalue weighted by molar-refractivity contribution is 6.46. The maximum atomic E-state index is 13.4. The summed E-state index contributed by atoms with van der Waals surface area (Å²) in [7, 11) is 0. The molecule has 0 unspecified atom stereocenters. The molecule has 2 aromatic rings. The Balaban J connectivity index is 1.58. The fourth-order valence-electron chi connectivity index (χ4n) is 3.73. The SMILES string of the molecule is CCn1cc(-c2ccc3c(c2)C(C(=O)NC2CCC(F)(F)CC2)=NC=NC3)cn1. The van der Waals surface area contributed by atoms with E-state index >= 15 is 0 Å². The number of hydrogen-bond acceptors (Lipinski definition) is 4. The van der Waals surface area contributed by atoms with Crippen molar-refractivity contribution in [2.75, 3.05) is 0 Å². The molecule has 1 fully saturated rings. The highest BCUT2D eigenvalue weighted by atomic mass is 19.3. The van der Waals surface area contributed by atoms with Crippen molar-refractivity contribution in [1.29, 1.82) is 0 Å². The van der Waals surface area contributed by atoms with Gasteiger partial charge in [0.05, 0.1) is 12.7 Å². The van der Waals surface area contributed by atoms with Crippen LogP contribution >= 0.6 is 0 Å². The summed E-state index contributed by atoms with van der Waals surface area (Å²) in [5, 5.41) is 7.19. The highest BCUT2D eigenvalue weighted by Crippen LogP contribution is 2.33. The summed E-state index contributed by atoms with van der Waals surface area (Å²) in [5.74, 6) is -2.98. The Kier molecular flexibility index (Phi) is 5.25. The molecule has 1 amide bonds. The molecule has 1 aromatic carbocycles. The molecular weight excluding hydrogens is 376 g/mol. The van der Waals surface area contributed by atoms with E-state index in [1.807, 2.05) is 36.0 Å². The van der Waals surface area contributed by atoms with Gasteiger partial charge in [-0.2, -0.15) is 5.10 Å². The lowest BCUT2D eigenvalue weighted by molar-refractivity contribution is -0.116. The molecule has 1 saturated carbocycles. The minimum atomic E-state index is -2.63. The number of fused-ring (bicyclic) bond motifs is 1. The van der Waals surface area contributed by atoms with E-state index in [1.165, 1.54) is 6.34 Å². The maximum Gasteiger partial charge on any atom is 0.270 e. The van der Waals surface area contributed by atoms with Crippen LogP contribution in [0.3, 0.4) is 0 Å². The van der Waals surface area contributed by atoms with Gasteiger partial charge in [-0.05, 0) is 37.0 Å². The Labute approximate surface area is 167 Å². The van der Waals surface area contributed by atoms with E-state index in [0.717, 1.165) is 23.2 Å². The van der Waals surface area contributed by atoms with Crippen molar-refractivity contribution in [2.45, 2.75) is 57.7 Å². The number of aliphatic imine (C=N–C) groups is 2. The van der Waals surface area contributed by atoms with Gasteiger partial charge in [0.25, 0.3) is 5.91 Å². The number of alkyl halides is 2. The highest BCUT2D eigenvalue weighted by Gasteiger charge is 2.36. The Bertz CT molecular complexity index is 969. The van der Waals surface area contributed by atoms with Crippen LogP contribution in [-0.2, 0) is 17.9 Å². The Hall–Kier alpha value is -2.90. The molecule has 0 bridgehead atoms. The number of aromatic nitrogens is 2. The first kappa shape index (κ1) is 19.4. The minimum Gasteiger partial charge on any atom is -0.348 e. The van der Waals surface area contributed by atoms with Crippen molar-refractivity contribution in [2.24, 2.45) is 9.98 Å². The van der Waals surface area contributed by atoms with Crippen LogP contribution in [0.15, 0.2) is 40.6 Å². The summed E-state index contributed by atoms with van der Waals surface area (Å²) in [6, 6.07) is 5.59. The van der Waals surface area contributed by atoms with Crippen molar-refractivity contribution < 1.29 is 13.6 Å². The van der Waals surface area contributed by atoms with Crippen LogP contribution in [-0.4, -0.2) is 39.7 Å². The lowest BCUT2D eigenvalue weighted by atomic mass is 9.91. The quantitative estimate of drug-likeness (QED) is 0.853. The predicted molar refractivity (Wildman–Crippen MR) is 107 cm³/mol. The van der Waals surface area contributed by atoms with Crippen molar-refractivity contribution >= 4 is 18.0 Å². The monoisotopic (exact) mass is 399 g/mol. The largest absolute Gasteiger partial charge is 0.348 e. The summed E-state index contributed by atoms with van der Waals surface area (Å²) in [6.45, 7) is 3.22. The number of carbonyl (C=O) groups excluding carboxylic acids is 1. The molecule has 0 atom stereocenters. The van der Waals surface area contributed by atoms with E-state index in [4.69, 9.17) is 0 Å². The lowest BCUT2D eigenvalue weighted by Gasteiger charge is -2.29. The minimum absolute atomic E-state index is 0.200. The van der Waals surface area contributed by atoms with E-state index in [2.05, 4.69) is 20.4 Å². The lowest BCUT2D eigenvalue weighted by Crippen LogP contribution is -2.43. The molecule has 2 aliphatic rings. The van der Waals surface area contributed by atoms with Crippen LogP contribution < -0.4 is 5.32 Å². The van der Waals surface area contributed by atoms with Gasteiger partial charge in [-0.25, -0.2) is 13.8 Å². The normalized spacial score (nSPS) is 18.7. The average Bonchev–Trinajstić information content (AvgIpc) is 3.09. The molecule has 6 nitrogen and oxygen atoms in total. The van der Waals surface area contributed by atoms with Crippen molar-refractivity contribution in [3.05, 3.63) is 41.7 Å². The van der Waals surface area contributed by atoms with Crippen LogP contribution in [0.25, 0.3) is 11.1 Å². The first-order valence-corrected chi connectivity index (χ1v) is 9.86. The number of hydrogen-bond donors (Lipinski definition) is 1. The van der Waals surface area contributed by atoms with Crippen molar-refractivity contribution in [3.63, 3.8) is 0 Å². The summed E-state index contributed by atoms with van der Waals surface area (Å²) >= 11 is 0. The zero-order valence-electron chi connectivity index (χ0n) is 16.2. The fourth-order valence-corrected chi connectivity index (χ4v) is 3.73.